The fraction of sp³-hybridized carbons (Fsp3) is 0.490. The van der Waals surface area contributed by atoms with Gasteiger partial charge in [-0.15, -0.1) is 0 Å². The van der Waals surface area contributed by atoms with Crippen molar-refractivity contribution in [3.63, 3.8) is 0 Å². The highest BCUT2D eigenvalue weighted by Crippen LogP contribution is 2.66. The highest BCUT2D eigenvalue weighted by Gasteiger charge is 2.48. The zero-order valence-corrected chi connectivity index (χ0v) is 49.8. The van der Waals surface area contributed by atoms with Gasteiger partial charge in [0.25, 0.3) is 20.2 Å². The number of aliphatic hydroxyl groups excluding tert-OH is 2. The number of imidazole rings is 1. The van der Waals surface area contributed by atoms with E-state index in [1.165, 1.54) is 35.2 Å². The van der Waals surface area contributed by atoms with Crippen molar-refractivity contribution in [2.45, 2.75) is 131 Å². The van der Waals surface area contributed by atoms with Crippen molar-refractivity contribution in [3.8, 4) is 0 Å². The van der Waals surface area contributed by atoms with Crippen LogP contribution in [0.1, 0.15) is 103 Å². The quantitative estimate of drug-likeness (QED) is 0.0109. The third-order valence-corrected chi connectivity index (χ3v) is 20.4. The van der Waals surface area contributed by atoms with Crippen molar-refractivity contribution in [1.29, 1.82) is 0 Å². The van der Waals surface area contributed by atoms with Crippen LogP contribution in [0.2, 0.25) is 0 Å². The molecule has 3 aliphatic heterocycles. The lowest BCUT2D eigenvalue weighted by atomic mass is 9.81. The van der Waals surface area contributed by atoms with Crippen LogP contribution in [0.25, 0.3) is 11.2 Å². The van der Waals surface area contributed by atoms with Gasteiger partial charge in [0.1, 0.15) is 36.7 Å². The molecule has 0 bridgehead atoms. The minimum atomic E-state index is -5.75. The minimum absolute atomic E-state index is 0.0274. The number of ether oxygens (including phenoxy) is 1. The molecule has 5 heterocycles. The molecule has 3 aliphatic rings. The van der Waals surface area contributed by atoms with E-state index in [9.17, 15) is 69.3 Å². The van der Waals surface area contributed by atoms with Gasteiger partial charge in [0, 0.05) is 67.0 Å². The van der Waals surface area contributed by atoms with Crippen molar-refractivity contribution in [2.24, 2.45) is 0 Å². The number of phosphoric acid groups is 2. The number of carbonyl (C=O) groups is 1. The van der Waals surface area contributed by atoms with Gasteiger partial charge in [-0.3, -0.25) is 23.0 Å². The molecule has 2 aromatic carbocycles. The van der Waals surface area contributed by atoms with Crippen molar-refractivity contribution in [2.75, 3.05) is 43.4 Å². The molecule has 11 N–H and O–H groups in total. The Bertz CT molecular complexity index is 3560. The second-order valence-electron chi connectivity index (χ2n) is 20.7. The first-order valence-electron chi connectivity index (χ1n) is 26.0. The van der Waals surface area contributed by atoms with Crippen LogP contribution >= 0.6 is 23.4 Å². The predicted molar refractivity (Wildman–Crippen MR) is 299 cm³/mol. The van der Waals surface area contributed by atoms with E-state index in [1.807, 2.05) is 65.0 Å². The van der Waals surface area contributed by atoms with Crippen LogP contribution < -0.4 is 21.0 Å². The van der Waals surface area contributed by atoms with E-state index in [4.69, 9.17) is 10.5 Å². The number of nitrogen functional groups attached to an aromatic ring is 1. The molecule has 1 saturated heterocycles. The van der Waals surface area contributed by atoms with Crippen LogP contribution in [0, 0.1) is 0 Å². The lowest BCUT2D eigenvalue weighted by molar-refractivity contribution is -0.438. The summed E-state index contributed by atoms with van der Waals surface area (Å²) in [5, 5.41) is 26.1. The van der Waals surface area contributed by atoms with Crippen molar-refractivity contribution in [1.82, 2.24) is 29.9 Å². The average Bonchev–Trinajstić information content (AvgIpc) is 4.10. The number of amides is 1. The number of nitrogens with zero attached hydrogens (tertiary/aromatic N) is 6. The summed E-state index contributed by atoms with van der Waals surface area (Å²) in [5.74, 6) is -0.121. The summed E-state index contributed by atoms with van der Waals surface area (Å²) in [6.45, 7) is 10.3. The zero-order valence-electron chi connectivity index (χ0n) is 45.5. The Hall–Kier alpha value is -4.94. The van der Waals surface area contributed by atoms with Gasteiger partial charge in [-0.2, -0.15) is 30.0 Å². The maximum absolute atomic E-state index is 12.7. The number of likely N-dealkylation sites (N-methyl/N-ethyl adjacent to an activating group) is 1. The summed E-state index contributed by atoms with van der Waals surface area (Å²) in [5.41, 5.74) is 9.73. The largest absolute Gasteiger partial charge is 0.489 e. The van der Waals surface area contributed by atoms with Crippen LogP contribution in [0.3, 0.4) is 0 Å². The third-order valence-electron chi connectivity index (χ3n) is 14.2. The van der Waals surface area contributed by atoms with Gasteiger partial charge in [-0.25, -0.2) is 33.7 Å². The number of nitrogens with one attached hydrogen (secondary N) is 2. The third kappa shape index (κ3) is 15.3. The Kier molecular flexibility index (Phi) is 20.3. The van der Waals surface area contributed by atoms with Gasteiger partial charge in [0.2, 0.25) is 11.6 Å². The van der Waals surface area contributed by atoms with E-state index in [-0.39, 0.29) is 52.1 Å². The van der Waals surface area contributed by atoms with Crippen LogP contribution in [0.15, 0.2) is 94.9 Å². The minimum Gasteiger partial charge on any atom is -0.387 e. The molecule has 0 radical (unpaired) electrons. The average molecular weight is 1250 g/mol. The first-order valence-corrected chi connectivity index (χ1v) is 33.5. The molecule has 7 atom stereocenters. The Labute approximate surface area is 474 Å². The second kappa shape index (κ2) is 25.7. The Morgan fingerprint density at radius 3 is 2.16 bits per heavy atom. The zero-order chi connectivity index (χ0) is 60.2. The molecule has 3 unspecified atom stereocenters. The molecule has 2 aromatic heterocycles. The standard InChI is InChI=1S/C49H68N9O19P3S2/c1-6-56-36-22-20-32(81(68,69)70)27-34(36)48(2,3)39(56)17-11-9-12-18-40-49(4,5)35-28-33(82(71,72)73)21-23-37(35)57(40)26-16-10-13-19-41(59)51-24-14-7-8-15-25-55-78(62,63)76-80(66,67)77-79(64,65)74-29-38-43(60)44(61)47(75-38)58-31-54-42-45(50)52-30-53-46(42)58/h9,11-12,17-18,20-23,27-28,30-31,38,43-44,47,60-61H,6-8,10,13-16,19,24-26,29H2,1-5H3,(H8-,50,51,52,53,55,59,62,63,64,65,66,67,68,69,70,71,72,73)/p+1/t38-,43-,44-,47-/m1/s1. The molecular weight excluding hydrogens is 1180 g/mol. The van der Waals surface area contributed by atoms with Crippen molar-refractivity contribution in [3.05, 3.63) is 96.3 Å². The number of aliphatic hydroxyl groups is 2. The van der Waals surface area contributed by atoms with Crippen molar-refractivity contribution < 1.29 is 91.8 Å². The number of aromatic nitrogens is 4. The summed E-state index contributed by atoms with van der Waals surface area (Å²) >= 11 is 0. The number of hydrogen-bond acceptors (Lipinski definition) is 19. The number of rotatable bonds is 28. The molecule has 0 spiro atoms. The highest BCUT2D eigenvalue weighted by atomic mass is 32.2. The topological polar surface area (TPSA) is 415 Å². The number of phosphoric ester groups is 1. The second-order valence-corrected chi connectivity index (χ2v) is 28.3. The number of carbonyl (C=O) groups excluding carboxylic acids is 1. The number of anilines is 2. The normalized spacial score (nSPS) is 22.5. The molecule has 0 saturated carbocycles. The summed E-state index contributed by atoms with van der Waals surface area (Å²) < 4.78 is 127. The fourth-order valence-electron chi connectivity index (χ4n) is 10.1. The van der Waals surface area contributed by atoms with Crippen molar-refractivity contribution >= 4 is 83.6 Å². The summed E-state index contributed by atoms with van der Waals surface area (Å²) in [7, 11) is -25.3. The Balaban J connectivity index is 0.815. The summed E-state index contributed by atoms with van der Waals surface area (Å²) in [4.78, 5) is 56.5. The van der Waals surface area contributed by atoms with Crippen LogP contribution in [-0.4, -0.2) is 138 Å². The fourth-order valence-corrected chi connectivity index (χ4v) is 14.9. The molecule has 450 valence electrons. The van der Waals surface area contributed by atoms with Crippen LogP contribution in [-0.2, 0) is 67.4 Å². The lowest BCUT2D eigenvalue weighted by Crippen LogP contribution is -2.33. The molecule has 4 aromatic rings. The van der Waals surface area contributed by atoms with Gasteiger partial charge < -0.3 is 45.6 Å². The number of allylic oxidation sites excluding steroid dienone is 6. The maximum atomic E-state index is 12.7. The summed E-state index contributed by atoms with van der Waals surface area (Å²) in [6.07, 6.45) is 9.88. The molecule has 7 rings (SSSR count). The SMILES string of the molecule is CCN1/C(=C/C=C/C=C/C2=[N+](CCCCCC(=O)NCCCCCCNP(=O)(O)OP(=O)(O)OP(=O)(O)OC[C@H]3O[C@@H](n4cnc5c(N)ncnc54)[C@H](O)[C@@H]3O)c3ccc(S(=O)(=O)O)cc3C2(C)C)C(C)(C)c2cc(S(=O)(=O)O)ccc21. The predicted octanol–water partition coefficient (Wildman–Crippen LogP) is 5.59. The van der Waals surface area contributed by atoms with E-state index < -0.39 is 85.6 Å². The lowest BCUT2D eigenvalue weighted by Gasteiger charge is -2.25. The Morgan fingerprint density at radius 2 is 1.48 bits per heavy atom. The monoisotopic (exact) mass is 1240 g/mol. The number of benzene rings is 2. The number of fused-ring (bicyclic) bond motifs is 3. The number of nitrogens with two attached hydrogens (primary N) is 1. The summed E-state index contributed by atoms with van der Waals surface area (Å²) in [6, 6.07) is 9.10. The molecule has 28 nitrogen and oxygen atoms in total. The first-order chi connectivity index (χ1) is 38.3. The molecule has 1 amide bonds. The van der Waals surface area contributed by atoms with Gasteiger partial charge in [-0.05, 0) is 88.4 Å². The maximum Gasteiger partial charge on any atom is 0.489 e. The molecule has 0 aliphatic carbocycles. The van der Waals surface area contributed by atoms with E-state index in [1.54, 1.807) is 12.1 Å². The molecule has 1 fully saturated rings. The first kappa shape index (κ1) is 64.6. The van der Waals surface area contributed by atoms with Gasteiger partial charge in [-0.1, -0.05) is 44.9 Å². The van der Waals surface area contributed by atoms with E-state index >= 15 is 0 Å². The van der Waals surface area contributed by atoms with E-state index in [0.29, 0.717) is 63.7 Å². The van der Waals surface area contributed by atoms with Gasteiger partial charge in [0.15, 0.2) is 23.4 Å². The van der Waals surface area contributed by atoms with Crippen LogP contribution in [0.4, 0.5) is 17.2 Å². The number of unbranched alkanes of at least 4 members (excludes halogenated alkanes) is 5. The smallest absolute Gasteiger partial charge is 0.387 e. The molecule has 82 heavy (non-hydrogen) atoms. The van der Waals surface area contributed by atoms with E-state index in [2.05, 4.69) is 48.0 Å². The number of hydrogen-bond donors (Lipinski definition) is 10. The Morgan fingerprint density at radius 1 is 0.817 bits per heavy atom. The highest BCUT2D eigenvalue weighted by molar-refractivity contribution is 7.86. The molecular formula is C49H69N9O19P3S2+. The van der Waals surface area contributed by atoms with Gasteiger partial charge in [0.05, 0.1) is 28.1 Å². The van der Waals surface area contributed by atoms with E-state index in [0.717, 1.165) is 34.7 Å². The molecule has 33 heteroatoms. The van der Waals surface area contributed by atoms with Gasteiger partial charge >= 0.3 is 23.4 Å². The van der Waals surface area contributed by atoms with Crippen LogP contribution in [0.5, 0.6) is 0 Å².